The first kappa shape index (κ1) is 11.6. The summed E-state index contributed by atoms with van der Waals surface area (Å²) >= 11 is 0. The average Bonchev–Trinajstić information content (AvgIpc) is 3.07. The van der Waals surface area contributed by atoms with Gasteiger partial charge in [-0.2, -0.15) is 20.5 Å². The van der Waals surface area contributed by atoms with Gasteiger partial charge in [-0.1, -0.05) is 18.2 Å². The number of aromatic amines is 1. The van der Waals surface area contributed by atoms with Crippen LogP contribution in [0.1, 0.15) is 23.1 Å². The van der Waals surface area contributed by atoms with E-state index in [0.717, 1.165) is 23.1 Å². The first-order valence-corrected chi connectivity index (χ1v) is 6.13. The van der Waals surface area contributed by atoms with Crippen LogP contribution in [0.3, 0.4) is 0 Å². The van der Waals surface area contributed by atoms with Gasteiger partial charge < -0.3 is 0 Å². The van der Waals surface area contributed by atoms with Crippen LogP contribution in [0.4, 0.5) is 0 Å². The molecule has 96 valence electrons. The van der Waals surface area contributed by atoms with Crippen molar-refractivity contribution in [3.63, 3.8) is 0 Å². The van der Waals surface area contributed by atoms with Gasteiger partial charge in [0.05, 0.1) is 23.8 Å². The zero-order chi connectivity index (χ0) is 13.2. The Morgan fingerprint density at radius 2 is 2.21 bits per heavy atom. The minimum atomic E-state index is -0.0831. The number of fused-ring (bicyclic) bond motifs is 1. The predicted molar refractivity (Wildman–Crippen MR) is 69.8 cm³/mol. The Labute approximate surface area is 109 Å². The SMILES string of the molecule is CCn1nc(CC(=O)c2cn[nH]n2)c2ccccc21. The number of Topliss-reactive ketones (excluding diaryl/α,β-unsaturated/α-hetero) is 1. The van der Waals surface area contributed by atoms with Crippen molar-refractivity contribution in [1.29, 1.82) is 0 Å². The molecule has 0 saturated carbocycles. The number of aryl methyl sites for hydroxylation is 1. The van der Waals surface area contributed by atoms with Gasteiger partial charge in [-0.15, -0.1) is 0 Å². The molecule has 0 fully saturated rings. The minimum absolute atomic E-state index is 0.0831. The monoisotopic (exact) mass is 255 g/mol. The van der Waals surface area contributed by atoms with Gasteiger partial charge in [0.25, 0.3) is 0 Å². The summed E-state index contributed by atoms with van der Waals surface area (Å²) in [6.07, 6.45) is 1.67. The number of ketones is 1. The van der Waals surface area contributed by atoms with Crippen LogP contribution in [0.5, 0.6) is 0 Å². The fraction of sp³-hybridized carbons (Fsp3) is 0.231. The fourth-order valence-electron chi connectivity index (χ4n) is 2.15. The molecule has 0 aliphatic rings. The van der Waals surface area contributed by atoms with Crippen molar-refractivity contribution in [1.82, 2.24) is 25.2 Å². The summed E-state index contributed by atoms with van der Waals surface area (Å²) in [5, 5.41) is 15.4. The predicted octanol–water partition coefficient (Wildman–Crippen LogP) is 1.60. The highest BCUT2D eigenvalue weighted by Gasteiger charge is 2.15. The molecule has 0 aliphatic carbocycles. The lowest BCUT2D eigenvalue weighted by molar-refractivity contribution is 0.0987. The van der Waals surface area contributed by atoms with E-state index in [-0.39, 0.29) is 12.2 Å². The molecule has 1 N–H and O–H groups in total. The maximum absolute atomic E-state index is 12.0. The summed E-state index contributed by atoms with van der Waals surface area (Å²) in [4.78, 5) is 12.0. The van der Waals surface area contributed by atoms with Crippen molar-refractivity contribution >= 4 is 16.7 Å². The molecule has 19 heavy (non-hydrogen) atoms. The highest BCUT2D eigenvalue weighted by Crippen LogP contribution is 2.19. The van der Waals surface area contributed by atoms with Gasteiger partial charge in [0.15, 0.2) is 5.78 Å². The molecule has 2 heterocycles. The molecule has 0 unspecified atom stereocenters. The first-order valence-electron chi connectivity index (χ1n) is 6.13. The third-order valence-electron chi connectivity index (χ3n) is 3.06. The third kappa shape index (κ3) is 2.01. The molecule has 6 nitrogen and oxygen atoms in total. The van der Waals surface area contributed by atoms with Crippen LogP contribution in [-0.4, -0.2) is 31.0 Å². The zero-order valence-corrected chi connectivity index (χ0v) is 10.5. The number of para-hydroxylation sites is 1. The molecule has 1 aromatic carbocycles. The van der Waals surface area contributed by atoms with Crippen LogP contribution in [0.25, 0.3) is 10.9 Å². The van der Waals surface area contributed by atoms with Crippen LogP contribution >= 0.6 is 0 Å². The van der Waals surface area contributed by atoms with Crippen molar-refractivity contribution in [2.75, 3.05) is 0 Å². The molecule has 0 radical (unpaired) electrons. The largest absolute Gasteiger partial charge is 0.292 e. The molecule has 0 bridgehead atoms. The van der Waals surface area contributed by atoms with E-state index in [1.807, 2.05) is 35.9 Å². The van der Waals surface area contributed by atoms with Gasteiger partial charge in [0, 0.05) is 11.9 Å². The Balaban J connectivity index is 1.99. The Hall–Kier alpha value is -2.50. The van der Waals surface area contributed by atoms with E-state index >= 15 is 0 Å². The molecule has 3 rings (SSSR count). The average molecular weight is 255 g/mol. The lowest BCUT2D eigenvalue weighted by Crippen LogP contribution is -2.06. The van der Waals surface area contributed by atoms with Crippen molar-refractivity contribution in [3.05, 3.63) is 41.9 Å². The van der Waals surface area contributed by atoms with Crippen LogP contribution in [-0.2, 0) is 13.0 Å². The number of nitrogens with zero attached hydrogens (tertiary/aromatic N) is 4. The molecule has 0 amide bonds. The first-order chi connectivity index (χ1) is 9.29. The molecule has 0 aliphatic heterocycles. The number of aromatic nitrogens is 5. The smallest absolute Gasteiger partial charge is 0.190 e. The normalized spacial score (nSPS) is 11.0. The number of hydrogen-bond donors (Lipinski definition) is 1. The molecule has 2 aromatic heterocycles. The Morgan fingerprint density at radius 3 is 2.95 bits per heavy atom. The summed E-state index contributed by atoms with van der Waals surface area (Å²) in [5.41, 5.74) is 2.17. The van der Waals surface area contributed by atoms with Crippen molar-refractivity contribution in [2.45, 2.75) is 19.9 Å². The summed E-state index contributed by atoms with van der Waals surface area (Å²) in [7, 11) is 0. The summed E-state index contributed by atoms with van der Waals surface area (Å²) in [6.45, 7) is 2.81. The zero-order valence-electron chi connectivity index (χ0n) is 10.5. The van der Waals surface area contributed by atoms with Crippen LogP contribution < -0.4 is 0 Å². The number of rotatable bonds is 4. The van der Waals surface area contributed by atoms with Crippen molar-refractivity contribution in [3.8, 4) is 0 Å². The van der Waals surface area contributed by atoms with E-state index in [2.05, 4.69) is 20.5 Å². The van der Waals surface area contributed by atoms with Gasteiger partial charge in [-0.05, 0) is 13.0 Å². The second-order valence-corrected chi connectivity index (χ2v) is 4.23. The van der Waals surface area contributed by atoms with Crippen LogP contribution in [0.15, 0.2) is 30.5 Å². The number of H-pyrrole nitrogens is 1. The molecular weight excluding hydrogens is 242 g/mol. The molecule has 6 heteroatoms. The van der Waals surface area contributed by atoms with E-state index in [1.165, 1.54) is 6.20 Å². The maximum Gasteiger partial charge on any atom is 0.190 e. The van der Waals surface area contributed by atoms with E-state index in [0.29, 0.717) is 5.69 Å². The standard InChI is InChI=1S/C13H13N5O/c1-2-18-12-6-4-3-5-9(12)10(16-18)7-13(19)11-8-14-17-15-11/h3-6,8H,2,7H2,1H3,(H,14,15,17). The summed E-state index contributed by atoms with van der Waals surface area (Å²) in [6, 6.07) is 7.92. The van der Waals surface area contributed by atoms with Gasteiger partial charge >= 0.3 is 0 Å². The number of nitrogens with one attached hydrogen (secondary N) is 1. The number of hydrogen-bond acceptors (Lipinski definition) is 4. The highest BCUT2D eigenvalue weighted by molar-refractivity contribution is 5.97. The Bertz CT molecular complexity index is 714. The second-order valence-electron chi connectivity index (χ2n) is 4.23. The van der Waals surface area contributed by atoms with E-state index < -0.39 is 0 Å². The van der Waals surface area contributed by atoms with Crippen LogP contribution in [0, 0.1) is 0 Å². The number of carbonyl (C=O) groups excluding carboxylic acids is 1. The Morgan fingerprint density at radius 1 is 1.37 bits per heavy atom. The maximum atomic E-state index is 12.0. The molecule has 0 saturated heterocycles. The van der Waals surface area contributed by atoms with Crippen LogP contribution in [0.2, 0.25) is 0 Å². The quantitative estimate of drug-likeness (QED) is 0.718. The van der Waals surface area contributed by atoms with E-state index in [9.17, 15) is 4.79 Å². The second kappa shape index (κ2) is 4.64. The minimum Gasteiger partial charge on any atom is -0.292 e. The van der Waals surface area contributed by atoms with Gasteiger partial charge in [0.2, 0.25) is 0 Å². The highest BCUT2D eigenvalue weighted by atomic mass is 16.1. The molecule has 3 aromatic rings. The number of carbonyl (C=O) groups is 1. The van der Waals surface area contributed by atoms with Gasteiger partial charge in [-0.3, -0.25) is 9.48 Å². The van der Waals surface area contributed by atoms with E-state index in [1.54, 1.807) is 0 Å². The molecule has 0 spiro atoms. The fourth-order valence-corrected chi connectivity index (χ4v) is 2.15. The summed E-state index contributed by atoms with van der Waals surface area (Å²) in [5.74, 6) is -0.0831. The van der Waals surface area contributed by atoms with Crippen molar-refractivity contribution in [2.24, 2.45) is 0 Å². The molecular formula is C13H13N5O. The topological polar surface area (TPSA) is 76.5 Å². The Kier molecular flexibility index (Phi) is 2.83. The van der Waals surface area contributed by atoms with Gasteiger partial charge in [0.1, 0.15) is 5.69 Å². The number of benzene rings is 1. The van der Waals surface area contributed by atoms with E-state index in [4.69, 9.17) is 0 Å². The third-order valence-corrected chi connectivity index (χ3v) is 3.06. The summed E-state index contributed by atoms with van der Waals surface area (Å²) < 4.78 is 1.90. The van der Waals surface area contributed by atoms with Crippen molar-refractivity contribution < 1.29 is 4.79 Å². The lowest BCUT2D eigenvalue weighted by Gasteiger charge is -1.95. The molecule has 0 atom stereocenters. The lowest BCUT2D eigenvalue weighted by atomic mass is 10.1. The van der Waals surface area contributed by atoms with Gasteiger partial charge in [-0.25, -0.2) is 0 Å².